The van der Waals surface area contributed by atoms with Crippen LogP contribution in [0.15, 0.2) is 29.4 Å². The van der Waals surface area contributed by atoms with E-state index in [9.17, 15) is 18.0 Å². The summed E-state index contributed by atoms with van der Waals surface area (Å²) in [5.41, 5.74) is 0.857. The highest BCUT2D eigenvalue weighted by molar-refractivity contribution is 6.12. The van der Waals surface area contributed by atoms with Crippen LogP contribution in [0.2, 0.25) is 0 Å². The maximum Gasteiger partial charge on any atom is 0.393 e. The van der Waals surface area contributed by atoms with Gasteiger partial charge in [-0.1, -0.05) is 18.2 Å². The van der Waals surface area contributed by atoms with Crippen molar-refractivity contribution in [3.63, 3.8) is 0 Å². The molecule has 0 bridgehead atoms. The second-order valence-electron chi connectivity index (χ2n) is 4.14. The van der Waals surface area contributed by atoms with Crippen molar-refractivity contribution in [2.75, 3.05) is 5.01 Å². The first kappa shape index (κ1) is 12.6. The number of rotatable bonds is 2. The van der Waals surface area contributed by atoms with Gasteiger partial charge < -0.3 is 0 Å². The van der Waals surface area contributed by atoms with Crippen molar-refractivity contribution >= 4 is 17.3 Å². The smallest absolute Gasteiger partial charge is 0.272 e. The molecule has 0 atom stereocenters. The summed E-state index contributed by atoms with van der Waals surface area (Å²) in [6.45, 7) is 1.67. The van der Waals surface area contributed by atoms with E-state index < -0.39 is 12.6 Å². The normalized spacial score (nSPS) is 16.1. The van der Waals surface area contributed by atoms with Crippen molar-refractivity contribution in [2.24, 2.45) is 5.10 Å². The van der Waals surface area contributed by atoms with Crippen LogP contribution in [0.5, 0.6) is 0 Å². The molecule has 0 aromatic heterocycles. The maximum absolute atomic E-state index is 12.4. The largest absolute Gasteiger partial charge is 0.393 e. The summed E-state index contributed by atoms with van der Waals surface area (Å²) in [6, 6.07) is 5.94. The second-order valence-corrected chi connectivity index (χ2v) is 4.14. The third kappa shape index (κ3) is 2.69. The molecular weight excluding hydrogens is 245 g/mol. The molecule has 18 heavy (non-hydrogen) atoms. The molecule has 0 aliphatic carbocycles. The summed E-state index contributed by atoms with van der Waals surface area (Å²) in [5.74, 6) is -0.304. The zero-order chi connectivity index (χ0) is 13.3. The monoisotopic (exact) mass is 256 g/mol. The summed E-state index contributed by atoms with van der Waals surface area (Å²) in [5, 5.41) is 5.02. The Morgan fingerprint density at radius 2 is 2.00 bits per heavy atom. The number of benzene rings is 1. The lowest BCUT2D eigenvalue weighted by molar-refractivity contribution is -0.127. The van der Waals surface area contributed by atoms with Crippen LogP contribution in [0.1, 0.15) is 18.9 Å². The molecule has 1 aromatic rings. The molecule has 1 aromatic carbocycles. The van der Waals surface area contributed by atoms with Gasteiger partial charge in [0.15, 0.2) is 0 Å². The van der Waals surface area contributed by atoms with Crippen LogP contribution in [-0.2, 0) is 11.2 Å². The maximum atomic E-state index is 12.4. The Balaban J connectivity index is 2.36. The van der Waals surface area contributed by atoms with Crippen molar-refractivity contribution in [1.29, 1.82) is 0 Å². The summed E-state index contributed by atoms with van der Waals surface area (Å²) in [4.78, 5) is 11.6. The second kappa shape index (κ2) is 4.44. The van der Waals surface area contributed by atoms with E-state index in [1.54, 1.807) is 13.0 Å². The molecule has 0 unspecified atom stereocenters. The molecule has 2 rings (SSSR count). The number of carbonyl (C=O) groups excluding carboxylic acids is 1. The van der Waals surface area contributed by atoms with E-state index >= 15 is 0 Å². The minimum absolute atomic E-state index is 0.0526. The molecule has 0 spiro atoms. The number of halogens is 3. The Kier molecular flexibility index (Phi) is 3.11. The third-order valence-corrected chi connectivity index (χ3v) is 2.52. The van der Waals surface area contributed by atoms with Crippen LogP contribution in [0.4, 0.5) is 18.9 Å². The van der Waals surface area contributed by atoms with Crippen LogP contribution < -0.4 is 5.01 Å². The third-order valence-electron chi connectivity index (χ3n) is 2.52. The Bertz CT molecular complexity index is 508. The molecule has 1 aliphatic heterocycles. The highest BCUT2D eigenvalue weighted by Crippen LogP contribution is 2.30. The Morgan fingerprint density at radius 1 is 1.33 bits per heavy atom. The minimum Gasteiger partial charge on any atom is -0.272 e. The quantitative estimate of drug-likeness (QED) is 0.800. The average Bonchev–Trinajstić information content (AvgIpc) is 2.56. The number of nitrogens with zero attached hydrogens (tertiary/aromatic N) is 2. The summed E-state index contributed by atoms with van der Waals surface area (Å²) in [7, 11) is 0. The highest BCUT2D eigenvalue weighted by Gasteiger charge is 2.31. The van der Waals surface area contributed by atoms with Crippen molar-refractivity contribution in [3.05, 3.63) is 29.8 Å². The van der Waals surface area contributed by atoms with Crippen LogP contribution in [0.3, 0.4) is 0 Å². The number of carbonyl (C=O) groups is 1. The number of hydrogen-bond acceptors (Lipinski definition) is 2. The molecule has 96 valence electrons. The van der Waals surface area contributed by atoms with E-state index in [-0.39, 0.29) is 23.6 Å². The van der Waals surface area contributed by atoms with Crippen LogP contribution >= 0.6 is 0 Å². The number of alkyl halides is 3. The molecule has 0 radical (unpaired) electrons. The predicted octanol–water partition coefficient (Wildman–Crippen LogP) is 2.90. The first-order valence-electron chi connectivity index (χ1n) is 5.38. The van der Waals surface area contributed by atoms with Gasteiger partial charge in [0.1, 0.15) is 0 Å². The molecule has 0 saturated heterocycles. The Morgan fingerprint density at radius 3 is 2.56 bits per heavy atom. The lowest BCUT2D eigenvalue weighted by Crippen LogP contribution is -2.22. The lowest BCUT2D eigenvalue weighted by Gasteiger charge is -2.17. The molecular formula is C12H11F3N2O. The van der Waals surface area contributed by atoms with Gasteiger partial charge >= 0.3 is 6.18 Å². The topological polar surface area (TPSA) is 32.7 Å². The summed E-state index contributed by atoms with van der Waals surface area (Å²) in [6.07, 6.45) is -5.22. The zero-order valence-electron chi connectivity index (χ0n) is 9.66. The van der Waals surface area contributed by atoms with E-state index in [1.807, 2.05) is 0 Å². The standard InChI is InChI=1S/C12H11F3N2O/c1-8-6-11(18)17(16-8)10-5-3-2-4-9(10)7-12(13,14)15/h2-5H,6-7H2,1H3. The van der Waals surface area contributed by atoms with Crippen molar-refractivity contribution in [1.82, 2.24) is 0 Å². The minimum atomic E-state index is -4.31. The first-order chi connectivity index (χ1) is 8.37. The van der Waals surface area contributed by atoms with E-state index in [1.165, 1.54) is 18.2 Å². The molecule has 0 saturated carbocycles. The molecule has 1 heterocycles. The van der Waals surface area contributed by atoms with E-state index in [2.05, 4.69) is 5.10 Å². The fourth-order valence-corrected chi connectivity index (χ4v) is 1.83. The number of hydrazone groups is 1. The Labute approximate surface area is 102 Å². The number of hydrogen-bond donors (Lipinski definition) is 0. The number of anilines is 1. The first-order valence-corrected chi connectivity index (χ1v) is 5.38. The molecule has 6 heteroatoms. The zero-order valence-corrected chi connectivity index (χ0v) is 9.66. The van der Waals surface area contributed by atoms with E-state index in [0.29, 0.717) is 5.71 Å². The van der Waals surface area contributed by atoms with E-state index in [0.717, 1.165) is 5.01 Å². The fraction of sp³-hybridized carbons (Fsp3) is 0.333. The number of para-hydroxylation sites is 1. The predicted molar refractivity (Wildman–Crippen MR) is 61.4 cm³/mol. The highest BCUT2D eigenvalue weighted by atomic mass is 19.4. The van der Waals surface area contributed by atoms with Crippen LogP contribution in [0.25, 0.3) is 0 Å². The van der Waals surface area contributed by atoms with Crippen molar-refractivity contribution in [2.45, 2.75) is 25.9 Å². The number of amides is 1. The molecule has 1 aliphatic rings. The van der Waals surface area contributed by atoms with Gasteiger partial charge in [-0.25, -0.2) is 5.01 Å². The molecule has 0 fully saturated rings. The van der Waals surface area contributed by atoms with Crippen molar-refractivity contribution < 1.29 is 18.0 Å². The van der Waals surface area contributed by atoms with Crippen LogP contribution in [0, 0.1) is 0 Å². The summed E-state index contributed by atoms with van der Waals surface area (Å²) < 4.78 is 37.3. The fourth-order valence-electron chi connectivity index (χ4n) is 1.83. The van der Waals surface area contributed by atoms with Gasteiger partial charge in [0, 0.05) is 5.71 Å². The lowest BCUT2D eigenvalue weighted by atomic mass is 10.1. The SMILES string of the molecule is CC1=NN(c2ccccc2CC(F)(F)F)C(=O)C1. The van der Waals surface area contributed by atoms with Crippen molar-refractivity contribution in [3.8, 4) is 0 Å². The van der Waals surface area contributed by atoms with E-state index in [4.69, 9.17) is 0 Å². The molecule has 1 amide bonds. The Hall–Kier alpha value is -1.85. The van der Waals surface area contributed by atoms with Gasteiger partial charge in [0.2, 0.25) is 0 Å². The van der Waals surface area contributed by atoms with Crippen LogP contribution in [-0.4, -0.2) is 17.8 Å². The summed E-state index contributed by atoms with van der Waals surface area (Å²) >= 11 is 0. The van der Waals surface area contributed by atoms with Gasteiger partial charge in [0.05, 0.1) is 18.5 Å². The van der Waals surface area contributed by atoms with Gasteiger partial charge in [-0.3, -0.25) is 4.79 Å². The average molecular weight is 256 g/mol. The van der Waals surface area contributed by atoms with Gasteiger partial charge in [-0.2, -0.15) is 18.3 Å². The van der Waals surface area contributed by atoms with Gasteiger partial charge in [-0.15, -0.1) is 0 Å². The molecule has 3 nitrogen and oxygen atoms in total. The molecule has 0 N–H and O–H groups in total. The van der Waals surface area contributed by atoms with Gasteiger partial charge in [-0.05, 0) is 18.6 Å². The van der Waals surface area contributed by atoms with Gasteiger partial charge in [0.25, 0.3) is 5.91 Å².